The smallest absolute Gasteiger partial charge is 0.332 e. The van der Waals surface area contributed by atoms with E-state index in [0.29, 0.717) is 42.4 Å². The van der Waals surface area contributed by atoms with E-state index in [-0.39, 0.29) is 5.91 Å². The van der Waals surface area contributed by atoms with Crippen molar-refractivity contribution in [1.29, 1.82) is 0 Å². The van der Waals surface area contributed by atoms with Crippen molar-refractivity contribution in [3.8, 4) is 0 Å². The molecule has 2 heterocycles. The van der Waals surface area contributed by atoms with Gasteiger partial charge in [0.1, 0.15) is 6.10 Å². The summed E-state index contributed by atoms with van der Waals surface area (Å²) in [6, 6.07) is 3.54. The third-order valence-corrected chi connectivity index (χ3v) is 4.69. The number of rotatable bonds is 2. The Morgan fingerprint density at radius 2 is 1.95 bits per heavy atom. The molecule has 0 unspecified atom stereocenters. The summed E-state index contributed by atoms with van der Waals surface area (Å²) < 4.78 is 5.33. The molecule has 7 heteroatoms. The minimum Gasteiger partial charge on any atom is -0.479 e. The van der Waals surface area contributed by atoms with Crippen molar-refractivity contribution in [3.63, 3.8) is 0 Å². The van der Waals surface area contributed by atoms with Gasteiger partial charge in [0.25, 0.3) is 5.91 Å². The molecule has 1 N–H and O–H groups in total. The molecule has 5 nitrogen and oxygen atoms in total. The normalized spacial score (nSPS) is 24.2. The Balaban J connectivity index is 1.72. The van der Waals surface area contributed by atoms with Crippen molar-refractivity contribution in [3.05, 3.63) is 33.3 Å². The Bertz CT molecular complexity index is 634. The number of nitrogens with zero attached hydrogens (tertiary/aromatic N) is 1. The summed E-state index contributed by atoms with van der Waals surface area (Å²) in [4.78, 5) is 25.1. The largest absolute Gasteiger partial charge is 0.479 e. The highest BCUT2D eigenvalue weighted by Gasteiger charge is 2.37. The first-order valence-corrected chi connectivity index (χ1v) is 7.85. The van der Waals surface area contributed by atoms with Crippen molar-refractivity contribution >= 4 is 35.1 Å². The predicted molar refractivity (Wildman–Crippen MR) is 81.1 cm³/mol. The summed E-state index contributed by atoms with van der Waals surface area (Å²) in [7, 11) is 0. The maximum absolute atomic E-state index is 12.5. The summed E-state index contributed by atoms with van der Waals surface area (Å²) in [5, 5.41) is 10.1. The van der Waals surface area contributed by atoms with Gasteiger partial charge in [-0.2, -0.15) is 0 Å². The van der Waals surface area contributed by atoms with Crippen molar-refractivity contribution in [1.82, 2.24) is 4.90 Å². The summed E-state index contributed by atoms with van der Waals surface area (Å²) in [6.45, 7) is 0.960. The quantitative estimate of drug-likeness (QED) is 0.895. The van der Waals surface area contributed by atoms with E-state index in [1.165, 1.54) is 0 Å². The van der Waals surface area contributed by atoms with E-state index < -0.39 is 18.2 Å². The van der Waals surface area contributed by atoms with Crippen LogP contribution in [0.3, 0.4) is 0 Å². The van der Waals surface area contributed by atoms with Crippen molar-refractivity contribution < 1.29 is 19.4 Å². The lowest BCUT2D eigenvalue weighted by atomic mass is 9.99. The number of carbonyl (C=O) groups excluding carboxylic acids is 1. The fraction of sp³-hybridized carbons (Fsp3) is 0.467. The molecule has 0 spiro atoms. The molecule has 1 aromatic carbocycles. The number of benzene rings is 1. The topological polar surface area (TPSA) is 66.8 Å². The summed E-state index contributed by atoms with van der Waals surface area (Å²) in [5.74, 6) is -1.18. The fourth-order valence-electron chi connectivity index (χ4n) is 2.97. The van der Waals surface area contributed by atoms with E-state index in [2.05, 4.69) is 0 Å². The number of halogens is 2. The highest BCUT2D eigenvalue weighted by molar-refractivity contribution is 6.35. The first kappa shape index (κ1) is 15.6. The van der Waals surface area contributed by atoms with Gasteiger partial charge >= 0.3 is 5.97 Å². The third kappa shape index (κ3) is 2.93. The maximum Gasteiger partial charge on any atom is 0.332 e. The Labute approximate surface area is 137 Å². The van der Waals surface area contributed by atoms with Crippen LogP contribution >= 0.6 is 23.2 Å². The summed E-state index contributed by atoms with van der Waals surface area (Å²) in [5.41, 5.74) is 1.95. The van der Waals surface area contributed by atoms with Gasteiger partial charge in [0.15, 0.2) is 6.10 Å². The molecular weight excluding hydrogens is 329 g/mol. The van der Waals surface area contributed by atoms with Crippen molar-refractivity contribution in [2.75, 3.05) is 6.54 Å². The highest BCUT2D eigenvalue weighted by Crippen LogP contribution is 2.31. The molecule has 0 saturated carbocycles. The molecule has 118 valence electrons. The first-order chi connectivity index (χ1) is 10.5. The molecule has 2 aliphatic heterocycles. The Kier molecular flexibility index (Phi) is 4.30. The van der Waals surface area contributed by atoms with E-state index in [1.807, 2.05) is 6.07 Å². The fourth-order valence-corrected chi connectivity index (χ4v) is 3.57. The number of carbonyl (C=O) groups is 2. The lowest BCUT2D eigenvalue weighted by Gasteiger charge is -2.31. The third-order valence-electron chi connectivity index (χ3n) is 4.13. The average molecular weight is 344 g/mol. The molecule has 0 bridgehead atoms. The number of hydrogen-bond acceptors (Lipinski definition) is 3. The molecule has 1 saturated heterocycles. The average Bonchev–Trinajstić information content (AvgIpc) is 2.96. The Hall–Kier alpha value is -1.30. The van der Waals surface area contributed by atoms with Gasteiger partial charge < -0.3 is 14.7 Å². The lowest BCUT2D eigenvalue weighted by Crippen LogP contribution is -2.42. The minimum atomic E-state index is -1.02. The molecule has 0 radical (unpaired) electrons. The number of fused-ring (bicyclic) bond motifs is 1. The van der Waals surface area contributed by atoms with Gasteiger partial charge in [0, 0.05) is 23.1 Å². The van der Waals surface area contributed by atoms with Crippen LogP contribution in [0.5, 0.6) is 0 Å². The molecule has 0 aromatic heterocycles. The molecule has 2 aliphatic rings. The van der Waals surface area contributed by atoms with Gasteiger partial charge in [-0.25, -0.2) is 4.79 Å². The van der Waals surface area contributed by atoms with Crippen LogP contribution in [0.4, 0.5) is 0 Å². The van der Waals surface area contributed by atoms with Crippen LogP contribution in [0.15, 0.2) is 12.1 Å². The first-order valence-electron chi connectivity index (χ1n) is 7.09. The second-order valence-electron chi connectivity index (χ2n) is 5.56. The number of carboxylic acid groups (broad SMARTS) is 1. The zero-order chi connectivity index (χ0) is 15.9. The number of ether oxygens (including phenoxy) is 1. The Morgan fingerprint density at radius 3 is 2.64 bits per heavy atom. The van der Waals surface area contributed by atoms with Gasteiger partial charge in [-0.15, -0.1) is 0 Å². The number of carboxylic acids is 1. The lowest BCUT2D eigenvalue weighted by molar-refractivity contribution is -0.155. The molecule has 2 atom stereocenters. The standard InChI is InChI=1S/C15H15Cl2NO4/c16-9-5-8-3-4-18(7-10(8)11(17)6-9)14(19)12-1-2-13(22-12)15(20)21/h5-6,12-13H,1-4,7H2,(H,20,21)/t12-,13+/m0/s1. The van der Waals surface area contributed by atoms with Crippen LogP contribution in [0.1, 0.15) is 24.0 Å². The zero-order valence-corrected chi connectivity index (χ0v) is 13.2. The van der Waals surface area contributed by atoms with Crippen LogP contribution in [0.25, 0.3) is 0 Å². The summed E-state index contributed by atoms with van der Waals surface area (Å²) in [6.07, 6.45) is -0.0710. The minimum absolute atomic E-state index is 0.166. The monoisotopic (exact) mass is 343 g/mol. The number of hydrogen-bond donors (Lipinski definition) is 1. The molecule has 0 aliphatic carbocycles. The van der Waals surface area contributed by atoms with Crippen LogP contribution in [0, 0.1) is 0 Å². The summed E-state index contributed by atoms with van der Waals surface area (Å²) >= 11 is 12.2. The van der Waals surface area contributed by atoms with Gasteiger partial charge in [-0.05, 0) is 42.5 Å². The van der Waals surface area contributed by atoms with E-state index in [0.717, 1.165) is 11.1 Å². The van der Waals surface area contributed by atoms with Crippen LogP contribution in [0.2, 0.25) is 10.0 Å². The molecule has 1 amide bonds. The van der Waals surface area contributed by atoms with Crippen molar-refractivity contribution in [2.24, 2.45) is 0 Å². The second-order valence-corrected chi connectivity index (χ2v) is 6.41. The number of amides is 1. The number of aliphatic carboxylic acids is 1. The predicted octanol–water partition coefficient (Wildman–Crippen LogP) is 2.51. The molecular formula is C15H15Cl2NO4. The maximum atomic E-state index is 12.5. The molecule has 1 fully saturated rings. The van der Waals surface area contributed by atoms with E-state index in [9.17, 15) is 9.59 Å². The SMILES string of the molecule is O=C(O)[C@H]1CC[C@@H](C(=O)N2CCc3cc(Cl)cc(Cl)c3C2)O1. The van der Waals surface area contributed by atoms with Crippen LogP contribution in [-0.2, 0) is 27.3 Å². The van der Waals surface area contributed by atoms with Crippen LogP contribution in [-0.4, -0.2) is 40.6 Å². The van der Waals surface area contributed by atoms with Gasteiger partial charge in [-0.1, -0.05) is 23.2 Å². The van der Waals surface area contributed by atoms with E-state index >= 15 is 0 Å². The highest BCUT2D eigenvalue weighted by atomic mass is 35.5. The van der Waals surface area contributed by atoms with E-state index in [1.54, 1.807) is 11.0 Å². The Morgan fingerprint density at radius 1 is 1.23 bits per heavy atom. The second kappa shape index (κ2) is 6.07. The van der Waals surface area contributed by atoms with E-state index in [4.69, 9.17) is 33.0 Å². The molecule has 22 heavy (non-hydrogen) atoms. The van der Waals surface area contributed by atoms with Crippen molar-refractivity contribution in [2.45, 2.75) is 38.0 Å². The van der Waals surface area contributed by atoms with Gasteiger partial charge in [0.05, 0.1) is 0 Å². The molecule has 1 aromatic rings. The zero-order valence-electron chi connectivity index (χ0n) is 11.7. The van der Waals surface area contributed by atoms with Gasteiger partial charge in [0.2, 0.25) is 0 Å². The molecule has 3 rings (SSSR count). The van der Waals surface area contributed by atoms with Gasteiger partial charge in [-0.3, -0.25) is 4.79 Å². The van der Waals surface area contributed by atoms with Crippen LogP contribution < -0.4 is 0 Å².